The molecule has 0 amide bonds. The summed E-state index contributed by atoms with van der Waals surface area (Å²) in [5.41, 5.74) is 6.20. The Labute approximate surface area is 164 Å². The van der Waals surface area contributed by atoms with E-state index in [1.165, 1.54) is 27.9 Å². The number of aromatic nitrogens is 2. The second-order valence-electron chi connectivity index (χ2n) is 7.14. The Kier molecular flexibility index (Phi) is 5.44. The third kappa shape index (κ3) is 4.16. The quantitative estimate of drug-likeness (QED) is 0.467. The largest absolute Gasteiger partial charge is 0.348 e. The number of hydrogen-bond donors (Lipinski definition) is 0. The summed E-state index contributed by atoms with van der Waals surface area (Å²) in [5.74, 6) is 0.856. The Hall–Kier alpha value is -2.33. The molecule has 0 unspecified atom stereocenters. The van der Waals surface area contributed by atoms with Gasteiger partial charge in [-0.1, -0.05) is 60.2 Å². The third-order valence-corrected chi connectivity index (χ3v) is 6.21. The van der Waals surface area contributed by atoms with Gasteiger partial charge in [-0.3, -0.25) is 4.57 Å². The van der Waals surface area contributed by atoms with Crippen molar-refractivity contribution in [1.82, 2.24) is 9.55 Å². The van der Waals surface area contributed by atoms with Crippen LogP contribution in [0.15, 0.2) is 64.4 Å². The minimum atomic E-state index is -0.0988. The first kappa shape index (κ1) is 18.1. The van der Waals surface area contributed by atoms with Crippen molar-refractivity contribution in [2.45, 2.75) is 49.9 Å². The van der Waals surface area contributed by atoms with E-state index in [1.807, 2.05) is 22.8 Å². The summed E-state index contributed by atoms with van der Waals surface area (Å²) in [6.45, 7) is 2.82. The van der Waals surface area contributed by atoms with Gasteiger partial charge < -0.3 is 0 Å². The molecule has 0 radical (unpaired) electrons. The average molecular weight is 377 g/mol. The van der Waals surface area contributed by atoms with Crippen molar-refractivity contribution < 1.29 is 0 Å². The normalized spacial score (nSPS) is 12.9. The Morgan fingerprint density at radius 2 is 1.85 bits per heavy atom. The summed E-state index contributed by atoms with van der Waals surface area (Å²) in [7, 11) is 0. The molecule has 3 nitrogen and oxygen atoms in total. The van der Waals surface area contributed by atoms with Crippen LogP contribution in [0.4, 0.5) is 0 Å². The molecule has 3 aromatic rings. The summed E-state index contributed by atoms with van der Waals surface area (Å²) >= 11 is 1.70. The summed E-state index contributed by atoms with van der Waals surface area (Å²) in [6.07, 6.45) is 4.00. The number of thioether (sulfide) groups is 1. The first-order chi connectivity index (χ1) is 13.2. The SMILES string of the molecule is Cc1cccc(CSc2nc(=O)n(CCc3ccccc3)c3c2CCC3)c1. The highest BCUT2D eigenvalue weighted by molar-refractivity contribution is 7.98. The Balaban J connectivity index is 1.55. The van der Waals surface area contributed by atoms with Crippen LogP contribution in [0.2, 0.25) is 0 Å². The number of hydrogen-bond acceptors (Lipinski definition) is 3. The zero-order valence-corrected chi connectivity index (χ0v) is 16.5. The first-order valence-corrected chi connectivity index (χ1v) is 10.5. The van der Waals surface area contributed by atoms with E-state index in [2.05, 4.69) is 48.3 Å². The van der Waals surface area contributed by atoms with E-state index in [-0.39, 0.29) is 5.69 Å². The standard InChI is InChI=1S/C23H24N2OS/c1-17-7-5-10-19(15-17)16-27-22-20-11-6-12-21(20)25(23(26)24-22)14-13-18-8-3-2-4-9-18/h2-5,7-10,15H,6,11-14,16H2,1H3. The fraction of sp³-hybridized carbons (Fsp3) is 0.304. The van der Waals surface area contributed by atoms with Crippen LogP contribution in [0.1, 0.15) is 34.4 Å². The van der Waals surface area contributed by atoms with Crippen LogP contribution in [-0.4, -0.2) is 9.55 Å². The average Bonchev–Trinajstić information content (AvgIpc) is 3.16. The maximum atomic E-state index is 12.7. The third-order valence-electron chi connectivity index (χ3n) is 5.13. The number of fused-ring (bicyclic) bond motifs is 1. The molecule has 0 fully saturated rings. The lowest BCUT2D eigenvalue weighted by Crippen LogP contribution is -2.28. The molecule has 1 aromatic heterocycles. The van der Waals surface area contributed by atoms with Crippen molar-refractivity contribution in [1.29, 1.82) is 0 Å². The van der Waals surface area contributed by atoms with E-state index < -0.39 is 0 Å². The topological polar surface area (TPSA) is 34.9 Å². The van der Waals surface area contributed by atoms with Gasteiger partial charge in [0.15, 0.2) is 0 Å². The summed E-state index contributed by atoms with van der Waals surface area (Å²) in [5, 5.41) is 0.935. The van der Waals surface area contributed by atoms with Crippen molar-refractivity contribution in [3.63, 3.8) is 0 Å². The van der Waals surface area contributed by atoms with Crippen molar-refractivity contribution in [2.75, 3.05) is 0 Å². The highest BCUT2D eigenvalue weighted by Gasteiger charge is 2.21. The molecule has 1 aliphatic rings. The summed E-state index contributed by atoms with van der Waals surface area (Å²) < 4.78 is 1.91. The van der Waals surface area contributed by atoms with Gasteiger partial charge in [0, 0.05) is 23.6 Å². The fourth-order valence-electron chi connectivity index (χ4n) is 3.78. The van der Waals surface area contributed by atoms with Crippen LogP contribution in [0, 0.1) is 6.92 Å². The van der Waals surface area contributed by atoms with Crippen molar-refractivity contribution in [3.8, 4) is 0 Å². The lowest BCUT2D eigenvalue weighted by Gasteiger charge is -2.14. The molecule has 2 aromatic carbocycles. The molecule has 4 rings (SSSR count). The Morgan fingerprint density at radius 3 is 2.67 bits per heavy atom. The molecule has 0 saturated carbocycles. The summed E-state index contributed by atoms with van der Waals surface area (Å²) in [6, 6.07) is 18.9. The van der Waals surface area contributed by atoms with Gasteiger partial charge in [0.2, 0.25) is 0 Å². The molecule has 0 atom stereocenters. The monoisotopic (exact) mass is 376 g/mol. The molecule has 0 bridgehead atoms. The van der Waals surface area contributed by atoms with Crippen molar-refractivity contribution >= 4 is 11.8 Å². The lowest BCUT2D eigenvalue weighted by molar-refractivity contribution is 0.607. The van der Waals surface area contributed by atoms with E-state index in [1.54, 1.807) is 11.8 Å². The predicted molar refractivity (Wildman–Crippen MR) is 111 cm³/mol. The number of aryl methyl sites for hydroxylation is 2. The zero-order chi connectivity index (χ0) is 18.6. The Bertz CT molecular complexity index is 995. The van der Waals surface area contributed by atoms with Gasteiger partial charge in [-0.25, -0.2) is 4.79 Å². The first-order valence-electron chi connectivity index (χ1n) is 9.55. The highest BCUT2D eigenvalue weighted by Crippen LogP contribution is 2.31. The molecule has 1 heterocycles. The van der Waals surface area contributed by atoms with Crippen LogP contribution in [0.25, 0.3) is 0 Å². The molecule has 27 heavy (non-hydrogen) atoms. The molecule has 0 N–H and O–H groups in total. The maximum Gasteiger partial charge on any atom is 0.348 e. The molecular formula is C23H24N2OS. The Morgan fingerprint density at radius 1 is 1.04 bits per heavy atom. The molecule has 0 aliphatic heterocycles. The summed E-state index contributed by atoms with van der Waals surface area (Å²) in [4.78, 5) is 17.2. The highest BCUT2D eigenvalue weighted by atomic mass is 32.2. The smallest absolute Gasteiger partial charge is 0.296 e. The fourth-order valence-corrected chi connectivity index (χ4v) is 4.80. The molecule has 4 heteroatoms. The van der Waals surface area contributed by atoms with E-state index in [9.17, 15) is 4.79 Å². The van der Waals surface area contributed by atoms with Gasteiger partial charge in [-0.15, -0.1) is 11.8 Å². The van der Waals surface area contributed by atoms with Crippen LogP contribution >= 0.6 is 11.8 Å². The minimum absolute atomic E-state index is 0.0988. The van der Waals surface area contributed by atoms with E-state index in [0.29, 0.717) is 6.54 Å². The minimum Gasteiger partial charge on any atom is -0.296 e. The van der Waals surface area contributed by atoms with Crippen molar-refractivity contribution in [3.05, 3.63) is 93.0 Å². The maximum absolute atomic E-state index is 12.7. The number of rotatable bonds is 6. The predicted octanol–water partition coefficient (Wildman–Crippen LogP) is 4.58. The molecule has 0 spiro atoms. The van der Waals surface area contributed by atoms with Crippen molar-refractivity contribution in [2.24, 2.45) is 0 Å². The van der Waals surface area contributed by atoms with Crippen LogP contribution in [-0.2, 0) is 31.6 Å². The van der Waals surface area contributed by atoms with Gasteiger partial charge in [-0.05, 0) is 43.7 Å². The van der Waals surface area contributed by atoms with Gasteiger partial charge in [0.1, 0.15) is 5.03 Å². The zero-order valence-electron chi connectivity index (χ0n) is 15.6. The van der Waals surface area contributed by atoms with E-state index in [4.69, 9.17) is 0 Å². The van der Waals surface area contributed by atoms with Gasteiger partial charge >= 0.3 is 5.69 Å². The number of benzene rings is 2. The van der Waals surface area contributed by atoms with Crippen LogP contribution in [0.5, 0.6) is 0 Å². The van der Waals surface area contributed by atoms with E-state index in [0.717, 1.165) is 36.5 Å². The van der Waals surface area contributed by atoms with E-state index >= 15 is 0 Å². The molecule has 0 saturated heterocycles. The van der Waals surface area contributed by atoms with Gasteiger partial charge in [-0.2, -0.15) is 4.98 Å². The lowest BCUT2D eigenvalue weighted by atomic mass is 10.1. The molecular weight excluding hydrogens is 352 g/mol. The van der Waals surface area contributed by atoms with Gasteiger partial charge in [0.05, 0.1) is 0 Å². The number of nitrogens with zero attached hydrogens (tertiary/aromatic N) is 2. The van der Waals surface area contributed by atoms with Gasteiger partial charge in [0.25, 0.3) is 0 Å². The van der Waals surface area contributed by atoms with Crippen LogP contribution < -0.4 is 5.69 Å². The molecule has 1 aliphatic carbocycles. The molecule has 138 valence electrons. The van der Waals surface area contributed by atoms with Crippen LogP contribution in [0.3, 0.4) is 0 Å². The second kappa shape index (κ2) is 8.13. The second-order valence-corrected chi connectivity index (χ2v) is 8.11.